The number of rotatable bonds is 7. The minimum Gasteiger partial charge on any atom is -0.316 e. The normalized spacial score (nSPS) is 20.2. The van der Waals surface area contributed by atoms with E-state index in [1.807, 2.05) is 11.3 Å². The Bertz CT molecular complexity index is 329. The topological polar surface area (TPSA) is 24.1 Å². The van der Waals surface area contributed by atoms with Gasteiger partial charge in [0.25, 0.3) is 0 Å². The van der Waals surface area contributed by atoms with Crippen LogP contribution in [0.2, 0.25) is 0 Å². The van der Waals surface area contributed by atoms with Crippen molar-refractivity contribution in [3.05, 3.63) is 21.9 Å². The largest absolute Gasteiger partial charge is 0.316 e. The van der Waals surface area contributed by atoms with Crippen molar-refractivity contribution >= 4 is 11.3 Å². The molecule has 0 amide bonds. The Balaban J connectivity index is 1.52. The Kier molecular flexibility index (Phi) is 6.18. The first-order chi connectivity index (χ1) is 8.88. The van der Waals surface area contributed by atoms with Gasteiger partial charge in [-0.15, -0.1) is 11.3 Å². The van der Waals surface area contributed by atoms with Gasteiger partial charge in [-0.3, -0.25) is 0 Å². The Morgan fingerprint density at radius 2 is 2.28 bits per heavy atom. The number of nitrogens with one attached hydrogen (secondary N) is 2. The lowest BCUT2D eigenvalue weighted by molar-refractivity contribution is 0.348. The number of hydrogen-bond donors (Lipinski definition) is 2. The van der Waals surface area contributed by atoms with Gasteiger partial charge in [-0.05, 0) is 69.8 Å². The molecule has 1 aromatic rings. The summed E-state index contributed by atoms with van der Waals surface area (Å²) in [6.07, 6.45) is 6.66. The Morgan fingerprint density at radius 1 is 1.39 bits per heavy atom. The minimum absolute atomic E-state index is 0.925. The van der Waals surface area contributed by atoms with Crippen molar-refractivity contribution in [3.63, 3.8) is 0 Å². The maximum absolute atomic E-state index is 3.57. The third-order valence-electron chi connectivity index (χ3n) is 3.73. The summed E-state index contributed by atoms with van der Waals surface area (Å²) in [5.74, 6) is 0.925. The van der Waals surface area contributed by atoms with E-state index in [9.17, 15) is 0 Å². The second-order valence-electron chi connectivity index (χ2n) is 5.25. The van der Waals surface area contributed by atoms with E-state index in [-0.39, 0.29) is 0 Å². The summed E-state index contributed by atoms with van der Waals surface area (Å²) >= 11 is 1.95. The first-order valence-electron chi connectivity index (χ1n) is 7.37. The number of piperidine rings is 1. The molecule has 2 nitrogen and oxygen atoms in total. The van der Waals surface area contributed by atoms with E-state index < -0.39 is 0 Å². The van der Waals surface area contributed by atoms with E-state index in [1.54, 1.807) is 0 Å². The van der Waals surface area contributed by atoms with Gasteiger partial charge in [-0.25, -0.2) is 0 Å². The van der Waals surface area contributed by atoms with Crippen LogP contribution in [-0.4, -0.2) is 19.6 Å². The van der Waals surface area contributed by atoms with Gasteiger partial charge in [0.1, 0.15) is 0 Å². The first kappa shape index (κ1) is 14.0. The lowest BCUT2D eigenvalue weighted by Crippen LogP contribution is -2.30. The highest BCUT2D eigenvalue weighted by molar-refractivity contribution is 7.11. The van der Waals surface area contributed by atoms with Crippen LogP contribution in [-0.2, 0) is 13.0 Å². The zero-order valence-electron chi connectivity index (χ0n) is 11.5. The zero-order valence-corrected chi connectivity index (χ0v) is 12.3. The summed E-state index contributed by atoms with van der Waals surface area (Å²) in [5, 5.41) is 7.06. The Morgan fingerprint density at radius 3 is 3.00 bits per heavy atom. The molecule has 1 aliphatic rings. The first-order valence-corrected chi connectivity index (χ1v) is 8.19. The zero-order chi connectivity index (χ0) is 12.6. The highest BCUT2D eigenvalue weighted by Gasteiger charge is 2.11. The standard InChI is InChI=1S/C15H26N2S/c1-2-14-7-8-15(18-14)12-17-10-4-6-13-5-3-9-16-11-13/h7-8,13,16-17H,2-6,9-12H2,1H3. The maximum Gasteiger partial charge on any atom is 0.0299 e. The fourth-order valence-electron chi connectivity index (χ4n) is 2.61. The van der Waals surface area contributed by atoms with E-state index >= 15 is 0 Å². The quantitative estimate of drug-likeness (QED) is 0.741. The molecule has 1 unspecified atom stereocenters. The Hall–Kier alpha value is -0.380. The fraction of sp³-hybridized carbons (Fsp3) is 0.733. The lowest BCUT2D eigenvalue weighted by Gasteiger charge is -2.22. The average molecular weight is 266 g/mol. The molecule has 2 heterocycles. The van der Waals surface area contributed by atoms with Crippen LogP contribution in [0.4, 0.5) is 0 Å². The van der Waals surface area contributed by atoms with Crippen LogP contribution in [0.25, 0.3) is 0 Å². The van der Waals surface area contributed by atoms with Gasteiger partial charge in [0.15, 0.2) is 0 Å². The van der Waals surface area contributed by atoms with E-state index in [0.717, 1.165) is 19.0 Å². The Labute approximate surface area is 115 Å². The van der Waals surface area contributed by atoms with Crippen LogP contribution < -0.4 is 10.6 Å². The molecule has 102 valence electrons. The number of thiophene rings is 1. The molecule has 3 heteroatoms. The van der Waals surface area contributed by atoms with Crippen LogP contribution in [0.1, 0.15) is 42.4 Å². The number of hydrogen-bond acceptors (Lipinski definition) is 3. The summed E-state index contributed by atoms with van der Waals surface area (Å²) in [5.41, 5.74) is 0. The van der Waals surface area contributed by atoms with E-state index in [4.69, 9.17) is 0 Å². The third-order valence-corrected chi connectivity index (χ3v) is 4.96. The fourth-order valence-corrected chi connectivity index (χ4v) is 3.53. The van der Waals surface area contributed by atoms with Crippen molar-refractivity contribution in [1.29, 1.82) is 0 Å². The molecule has 1 aliphatic heterocycles. The molecule has 0 aliphatic carbocycles. The maximum atomic E-state index is 3.57. The molecule has 18 heavy (non-hydrogen) atoms. The molecular weight excluding hydrogens is 240 g/mol. The van der Waals surface area contributed by atoms with Crippen molar-refractivity contribution in [1.82, 2.24) is 10.6 Å². The number of aryl methyl sites for hydroxylation is 1. The summed E-state index contributed by atoms with van der Waals surface area (Å²) in [7, 11) is 0. The molecule has 2 rings (SSSR count). The highest BCUT2D eigenvalue weighted by atomic mass is 32.1. The molecule has 1 saturated heterocycles. The van der Waals surface area contributed by atoms with Crippen molar-refractivity contribution in [2.75, 3.05) is 19.6 Å². The van der Waals surface area contributed by atoms with E-state index in [2.05, 4.69) is 29.7 Å². The molecule has 0 radical (unpaired) electrons. The predicted molar refractivity (Wildman–Crippen MR) is 80.2 cm³/mol. The van der Waals surface area contributed by atoms with Gasteiger partial charge < -0.3 is 10.6 Å². The molecule has 0 saturated carbocycles. The minimum atomic E-state index is 0.925. The summed E-state index contributed by atoms with van der Waals surface area (Å²) in [4.78, 5) is 2.98. The highest BCUT2D eigenvalue weighted by Crippen LogP contribution is 2.17. The summed E-state index contributed by atoms with van der Waals surface area (Å²) in [6.45, 7) is 6.91. The molecule has 2 N–H and O–H groups in total. The van der Waals surface area contributed by atoms with E-state index in [0.29, 0.717) is 0 Å². The molecule has 1 atom stereocenters. The van der Waals surface area contributed by atoms with Crippen LogP contribution >= 0.6 is 11.3 Å². The van der Waals surface area contributed by atoms with Crippen LogP contribution in [0.15, 0.2) is 12.1 Å². The van der Waals surface area contributed by atoms with Gasteiger partial charge in [0.05, 0.1) is 0 Å². The molecule has 1 aromatic heterocycles. The third kappa shape index (κ3) is 4.71. The molecule has 0 spiro atoms. The average Bonchev–Trinajstić information content (AvgIpc) is 2.87. The van der Waals surface area contributed by atoms with Gasteiger partial charge in [0.2, 0.25) is 0 Å². The second kappa shape index (κ2) is 7.93. The van der Waals surface area contributed by atoms with Crippen molar-refractivity contribution in [3.8, 4) is 0 Å². The van der Waals surface area contributed by atoms with Crippen LogP contribution in [0.3, 0.4) is 0 Å². The van der Waals surface area contributed by atoms with Gasteiger partial charge >= 0.3 is 0 Å². The summed E-state index contributed by atoms with van der Waals surface area (Å²) in [6, 6.07) is 4.52. The monoisotopic (exact) mass is 266 g/mol. The van der Waals surface area contributed by atoms with Gasteiger partial charge in [-0.1, -0.05) is 6.92 Å². The SMILES string of the molecule is CCc1ccc(CNCCCC2CCCNC2)s1. The second-order valence-corrected chi connectivity index (χ2v) is 6.51. The predicted octanol–water partition coefficient (Wildman–Crippen LogP) is 3.18. The van der Waals surface area contributed by atoms with Crippen LogP contribution in [0, 0.1) is 5.92 Å². The smallest absolute Gasteiger partial charge is 0.0299 e. The van der Waals surface area contributed by atoms with Gasteiger partial charge in [0, 0.05) is 16.3 Å². The summed E-state index contributed by atoms with van der Waals surface area (Å²) < 4.78 is 0. The van der Waals surface area contributed by atoms with Crippen molar-refractivity contribution in [2.45, 2.75) is 45.6 Å². The van der Waals surface area contributed by atoms with Gasteiger partial charge in [-0.2, -0.15) is 0 Å². The lowest BCUT2D eigenvalue weighted by atomic mass is 9.95. The van der Waals surface area contributed by atoms with Crippen LogP contribution in [0.5, 0.6) is 0 Å². The molecular formula is C15H26N2S. The molecule has 1 fully saturated rings. The molecule has 0 bridgehead atoms. The molecule has 0 aromatic carbocycles. The van der Waals surface area contributed by atoms with E-state index in [1.165, 1.54) is 54.9 Å². The van der Waals surface area contributed by atoms with Crippen molar-refractivity contribution in [2.24, 2.45) is 5.92 Å². The van der Waals surface area contributed by atoms with Crippen molar-refractivity contribution < 1.29 is 0 Å².